The Bertz CT molecular complexity index is 949. The molecule has 3 heteroatoms. The molecule has 0 bridgehead atoms. The maximum Gasteiger partial charge on any atom is 0.0351 e. The van der Waals surface area contributed by atoms with E-state index in [9.17, 15) is 0 Å². The highest BCUT2D eigenvalue weighted by Gasteiger charge is 2.36. The summed E-state index contributed by atoms with van der Waals surface area (Å²) in [7, 11) is 0. The Labute approximate surface area is 192 Å². The first kappa shape index (κ1) is 21.1. The van der Waals surface area contributed by atoms with Gasteiger partial charge in [0.25, 0.3) is 0 Å². The van der Waals surface area contributed by atoms with E-state index in [1.807, 2.05) is 11.8 Å². The number of hydrogen-bond donors (Lipinski definition) is 0. The molecule has 3 aliphatic heterocycles. The molecule has 5 rings (SSSR count). The summed E-state index contributed by atoms with van der Waals surface area (Å²) in [5.41, 5.74) is 5.69. The number of nitrogens with zero attached hydrogens (tertiary/aromatic N) is 2. The van der Waals surface area contributed by atoms with Gasteiger partial charge < -0.3 is 4.90 Å². The summed E-state index contributed by atoms with van der Waals surface area (Å²) >= 11 is 1.82. The lowest BCUT2D eigenvalue weighted by molar-refractivity contribution is 0.230. The van der Waals surface area contributed by atoms with Crippen molar-refractivity contribution >= 4 is 11.8 Å². The van der Waals surface area contributed by atoms with E-state index in [-0.39, 0.29) is 0 Å². The van der Waals surface area contributed by atoms with Gasteiger partial charge in [-0.15, -0.1) is 11.8 Å². The first-order valence-corrected chi connectivity index (χ1v) is 13.3. The van der Waals surface area contributed by atoms with E-state index in [0.717, 1.165) is 19.5 Å². The summed E-state index contributed by atoms with van der Waals surface area (Å²) in [4.78, 5) is 6.63. The van der Waals surface area contributed by atoms with E-state index >= 15 is 0 Å². The number of likely N-dealkylation sites (tertiary alicyclic amines) is 1. The molecule has 0 unspecified atom stereocenters. The molecule has 31 heavy (non-hydrogen) atoms. The van der Waals surface area contributed by atoms with Crippen LogP contribution in [0.5, 0.6) is 0 Å². The molecule has 3 aliphatic rings. The van der Waals surface area contributed by atoms with Crippen molar-refractivity contribution in [3.63, 3.8) is 0 Å². The van der Waals surface area contributed by atoms with Crippen LogP contribution in [-0.4, -0.2) is 48.8 Å². The second-order valence-corrected chi connectivity index (χ2v) is 10.2. The van der Waals surface area contributed by atoms with Crippen LogP contribution in [0.15, 0.2) is 47.4 Å². The van der Waals surface area contributed by atoms with Crippen molar-refractivity contribution in [2.45, 2.75) is 55.4 Å². The second-order valence-electron chi connectivity index (χ2n) is 9.28. The number of thioether (sulfide) groups is 1. The van der Waals surface area contributed by atoms with Crippen molar-refractivity contribution in [2.75, 3.05) is 39.0 Å². The smallest absolute Gasteiger partial charge is 0.0351 e. The van der Waals surface area contributed by atoms with E-state index in [2.05, 4.69) is 70.4 Å². The maximum atomic E-state index is 3.49. The lowest BCUT2D eigenvalue weighted by Gasteiger charge is -2.37. The van der Waals surface area contributed by atoms with E-state index in [0.29, 0.717) is 12.0 Å². The fraction of sp³-hybridized carbons (Fsp3) is 0.500. The molecular formula is C28H34N2S. The molecule has 0 saturated carbocycles. The van der Waals surface area contributed by atoms with Crippen LogP contribution in [0, 0.1) is 11.8 Å². The Morgan fingerprint density at radius 3 is 2.58 bits per heavy atom. The molecule has 0 aliphatic carbocycles. The molecule has 2 atom stereocenters. The van der Waals surface area contributed by atoms with Crippen molar-refractivity contribution in [3.8, 4) is 11.8 Å². The van der Waals surface area contributed by atoms with Gasteiger partial charge in [0.15, 0.2) is 0 Å². The minimum Gasteiger partial charge on any atom is -0.302 e. The summed E-state index contributed by atoms with van der Waals surface area (Å²) in [6.07, 6.45) is 9.86. The van der Waals surface area contributed by atoms with Gasteiger partial charge >= 0.3 is 0 Å². The SMILES string of the molecule is CSc1ccc([C@H]2CN3CCC[C@H]3c3ccc(C#CCCN4CCCCC4)cc32)cc1. The highest BCUT2D eigenvalue weighted by molar-refractivity contribution is 7.98. The predicted octanol–water partition coefficient (Wildman–Crippen LogP) is 5.92. The number of benzene rings is 2. The molecule has 0 radical (unpaired) electrons. The summed E-state index contributed by atoms with van der Waals surface area (Å²) in [5.74, 6) is 7.41. The van der Waals surface area contributed by atoms with Crippen molar-refractivity contribution in [1.82, 2.24) is 9.80 Å². The lowest BCUT2D eigenvalue weighted by Crippen LogP contribution is -2.34. The summed E-state index contributed by atoms with van der Waals surface area (Å²) in [6, 6.07) is 16.9. The fourth-order valence-electron chi connectivity index (χ4n) is 5.67. The molecule has 0 spiro atoms. The molecule has 3 heterocycles. The highest BCUT2D eigenvalue weighted by Crippen LogP contribution is 2.44. The van der Waals surface area contributed by atoms with Gasteiger partial charge in [0.05, 0.1) is 0 Å². The zero-order valence-electron chi connectivity index (χ0n) is 18.8. The van der Waals surface area contributed by atoms with Crippen molar-refractivity contribution in [1.29, 1.82) is 0 Å². The third kappa shape index (κ3) is 4.72. The van der Waals surface area contributed by atoms with Crippen LogP contribution in [0.1, 0.15) is 72.7 Å². The van der Waals surface area contributed by atoms with Gasteiger partial charge in [0.1, 0.15) is 0 Å². The number of piperidine rings is 1. The van der Waals surface area contributed by atoms with Gasteiger partial charge in [-0.3, -0.25) is 4.90 Å². The Hall–Kier alpha value is -1.73. The van der Waals surface area contributed by atoms with Crippen LogP contribution in [0.2, 0.25) is 0 Å². The van der Waals surface area contributed by atoms with Gasteiger partial charge in [-0.2, -0.15) is 0 Å². The second kappa shape index (κ2) is 9.82. The Balaban J connectivity index is 1.38. The van der Waals surface area contributed by atoms with Crippen LogP contribution in [0.4, 0.5) is 0 Å². The van der Waals surface area contributed by atoms with Gasteiger partial charge in [0.2, 0.25) is 0 Å². The van der Waals surface area contributed by atoms with E-state index in [1.54, 1.807) is 5.56 Å². The molecule has 2 nitrogen and oxygen atoms in total. The normalized spacial score (nSPS) is 23.6. The molecule has 162 valence electrons. The van der Waals surface area contributed by atoms with Gasteiger partial charge in [-0.25, -0.2) is 0 Å². The molecule has 2 fully saturated rings. The number of fused-ring (bicyclic) bond motifs is 3. The molecule has 2 aromatic rings. The largest absolute Gasteiger partial charge is 0.302 e. The Morgan fingerprint density at radius 2 is 1.77 bits per heavy atom. The fourth-order valence-corrected chi connectivity index (χ4v) is 6.08. The Morgan fingerprint density at radius 1 is 0.935 bits per heavy atom. The van der Waals surface area contributed by atoms with Crippen LogP contribution in [0.3, 0.4) is 0 Å². The zero-order chi connectivity index (χ0) is 21.0. The van der Waals surface area contributed by atoms with Crippen molar-refractivity contribution in [3.05, 3.63) is 64.7 Å². The minimum atomic E-state index is 0.454. The van der Waals surface area contributed by atoms with Gasteiger partial charge in [-0.1, -0.05) is 36.5 Å². The molecule has 2 aromatic carbocycles. The highest BCUT2D eigenvalue weighted by atomic mass is 32.2. The average molecular weight is 431 g/mol. The zero-order valence-corrected chi connectivity index (χ0v) is 19.6. The quantitative estimate of drug-likeness (QED) is 0.439. The first-order valence-electron chi connectivity index (χ1n) is 12.0. The maximum absolute atomic E-state index is 3.49. The molecule has 2 saturated heterocycles. The topological polar surface area (TPSA) is 6.48 Å². The monoisotopic (exact) mass is 430 g/mol. The van der Waals surface area contributed by atoms with Crippen LogP contribution in [-0.2, 0) is 0 Å². The summed E-state index contributed by atoms with van der Waals surface area (Å²) < 4.78 is 0. The van der Waals surface area contributed by atoms with Gasteiger partial charge in [0, 0.05) is 41.9 Å². The summed E-state index contributed by atoms with van der Waals surface area (Å²) in [6.45, 7) is 6.02. The molecular weight excluding hydrogens is 396 g/mol. The van der Waals surface area contributed by atoms with Crippen LogP contribution < -0.4 is 0 Å². The minimum absolute atomic E-state index is 0.454. The average Bonchev–Trinajstić information content (AvgIpc) is 3.31. The predicted molar refractivity (Wildman–Crippen MR) is 132 cm³/mol. The number of hydrogen-bond acceptors (Lipinski definition) is 3. The molecule has 0 amide bonds. The van der Waals surface area contributed by atoms with Crippen LogP contribution >= 0.6 is 11.8 Å². The Kier molecular flexibility index (Phi) is 6.69. The van der Waals surface area contributed by atoms with E-state index in [1.165, 1.54) is 73.3 Å². The van der Waals surface area contributed by atoms with E-state index in [4.69, 9.17) is 0 Å². The lowest BCUT2D eigenvalue weighted by atomic mass is 9.81. The van der Waals surface area contributed by atoms with Gasteiger partial charge in [-0.05, 0) is 92.5 Å². The summed E-state index contributed by atoms with van der Waals surface area (Å²) in [5, 5.41) is 0. The standard InChI is InChI=1S/C28H34N2S/c1-31-24-13-11-23(12-14-24)27-21-30-19-7-9-28(30)25-15-10-22(20-26(25)27)8-3-6-18-29-16-4-2-5-17-29/h10-15,20,27-28H,2,4-7,9,16-19,21H2,1H3/t27-,28+/m1/s1. The number of rotatable bonds is 4. The van der Waals surface area contributed by atoms with Crippen LogP contribution in [0.25, 0.3) is 0 Å². The third-order valence-electron chi connectivity index (χ3n) is 7.35. The van der Waals surface area contributed by atoms with E-state index < -0.39 is 0 Å². The molecule has 0 N–H and O–H groups in total. The third-order valence-corrected chi connectivity index (χ3v) is 8.10. The van der Waals surface area contributed by atoms with Crippen molar-refractivity contribution < 1.29 is 0 Å². The molecule has 0 aromatic heterocycles. The first-order chi connectivity index (χ1) is 15.3. The van der Waals surface area contributed by atoms with Crippen molar-refractivity contribution in [2.24, 2.45) is 0 Å².